The number of nitrogens with two attached hydrogens (primary N) is 1. The second kappa shape index (κ2) is 8.88. The van der Waals surface area contributed by atoms with Crippen LogP contribution in [0.5, 0.6) is 5.75 Å². The molecular formula is C18H26F2N4O3. The molecule has 150 valence electrons. The Morgan fingerprint density at radius 1 is 1.22 bits per heavy atom. The second-order valence-corrected chi connectivity index (χ2v) is 7.15. The number of hydrogen-bond donors (Lipinski definition) is 1. The van der Waals surface area contributed by atoms with Crippen LogP contribution in [0.4, 0.5) is 13.6 Å². The zero-order valence-electron chi connectivity index (χ0n) is 15.8. The number of carbonyl (C=O) groups is 1. The van der Waals surface area contributed by atoms with Crippen molar-refractivity contribution in [3.63, 3.8) is 0 Å². The third-order valence-corrected chi connectivity index (χ3v) is 3.80. The van der Waals surface area contributed by atoms with Crippen molar-refractivity contribution < 1.29 is 23.0 Å². The summed E-state index contributed by atoms with van der Waals surface area (Å²) in [6.07, 6.45) is -0.339. The van der Waals surface area contributed by atoms with Crippen LogP contribution in [0.15, 0.2) is 29.3 Å². The van der Waals surface area contributed by atoms with Gasteiger partial charge in [0, 0.05) is 26.2 Å². The average molecular weight is 384 g/mol. The van der Waals surface area contributed by atoms with Crippen molar-refractivity contribution in [1.29, 1.82) is 0 Å². The molecule has 9 heteroatoms. The Labute approximate surface area is 157 Å². The van der Waals surface area contributed by atoms with Gasteiger partial charge in [0.2, 0.25) is 0 Å². The first-order valence-corrected chi connectivity index (χ1v) is 8.70. The fraction of sp³-hybridized carbons (Fsp3) is 0.556. The fourth-order valence-corrected chi connectivity index (χ4v) is 2.54. The largest absolute Gasteiger partial charge is 0.444 e. The number of hydrogen-bond acceptors (Lipinski definition) is 4. The Kier molecular flexibility index (Phi) is 6.81. The van der Waals surface area contributed by atoms with Crippen LogP contribution in [0.2, 0.25) is 0 Å². The molecule has 0 saturated carbocycles. The number of halogens is 2. The summed E-state index contributed by atoms with van der Waals surface area (Å²) < 4.78 is 34.3. The highest BCUT2D eigenvalue weighted by molar-refractivity contribution is 5.78. The molecule has 0 aromatic heterocycles. The molecule has 1 aromatic rings. The first-order valence-electron chi connectivity index (χ1n) is 8.70. The third kappa shape index (κ3) is 6.92. The molecule has 1 aliphatic rings. The third-order valence-electron chi connectivity index (χ3n) is 3.80. The van der Waals surface area contributed by atoms with E-state index in [4.69, 9.17) is 10.5 Å². The molecule has 0 bridgehead atoms. The van der Waals surface area contributed by atoms with Crippen molar-refractivity contribution in [3.8, 4) is 5.75 Å². The van der Waals surface area contributed by atoms with Gasteiger partial charge in [-0.15, -0.1) is 0 Å². The fourth-order valence-electron chi connectivity index (χ4n) is 2.54. The van der Waals surface area contributed by atoms with Gasteiger partial charge in [0.05, 0.1) is 6.54 Å². The van der Waals surface area contributed by atoms with Crippen molar-refractivity contribution >= 4 is 12.1 Å². The van der Waals surface area contributed by atoms with E-state index in [1.165, 1.54) is 12.1 Å². The van der Waals surface area contributed by atoms with Gasteiger partial charge in [-0.05, 0) is 38.5 Å². The molecule has 1 aliphatic heterocycles. The van der Waals surface area contributed by atoms with Gasteiger partial charge in [-0.3, -0.25) is 0 Å². The topological polar surface area (TPSA) is 80.4 Å². The summed E-state index contributed by atoms with van der Waals surface area (Å²) >= 11 is 0. The molecule has 1 amide bonds. The number of ether oxygens (including phenoxy) is 2. The Morgan fingerprint density at radius 2 is 1.85 bits per heavy atom. The molecule has 2 rings (SSSR count). The Morgan fingerprint density at radius 3 is 2.44 bits per heavy atom. The minimum Gasteiger partial charge on any atom is -0.444 e. The van der Waals surface area contributed by atoms with Crippen LogP contribution < -0.4 is 10.5 Å². The van der Waals surface area contributed by atoms with E-state index in [9.17, 15) is 13.6 Å². The molecule has 1 aromatic carbocycles. The van der Waals surface area contributed by atoms with Crippen LogP contribution in [-0.2, 0) is 11.3 Å². The number of benzene rings is 1. The van der Waals surface area contributed by atoms with Gasteiger partial charge in [0.15, 0.2) is 5.96 Å². The van der Waals surface area contributed by atoms with Crippen molar-refractivity contribution in [1.82, 2.24) is 9.80 Å². The summed E-state index contributed by atoms with van der Waals surface area (Å²) in [6.45, 7) is 4.93. The van der Waals surface area contributed by atoms with Gasteiger partial charge in [-0.25, -0.2) is 9.79 Å². The SMILES string of the molecule is CC(C)(C)OC(=O)N1CCN(C(N)=NCc2cccc(OC(F)F)c2)CC1. The lowest BCUT2D eigenvalue weighted by Gasteiger charge is -2.36. The van der Waals surface area contributed by atoms with E-state index < -0.39 is 12.2 Å². The number of nitrogens with zero attached hydrogens (tertiary/aromatic N) is 3. The van der Waals surface area contributed by atoms with Crippen LogP contribution in [-0.4, -0.2) is 60.2 Å². The summed E-state index contributed by atoms with van der Waals surface area (Å²) in [7, 11) is 0. The number of rotatable bonds is 4. The second-order valence-electron chi connectivity index (χ2n) is 7.15. The van der Waals surface area contributed by atoms with Crippen molar-refractivity contribution in [3.05, 3.63) is 29.8 Å². The summed E-state index contributed by atoms with van der Waals surface area (Å²) in [5.74, 6) is 0.432. The summed E-state index contributed by atoms with van der Waals surface area (Å²) in [5.41, 5.74) is 6.21. The average Bonchev–Trinajstić information content (AvgIpc) is 2.58. The van der Waals surface area contributed by atoms with Crippen LogP contribution in [0, 0.1) is 0 Å². The van der Waals surface area contributed by atoms with Crippen molar-refractivity contribution in [2.45, 2.75) is 39.5 Å². The molecule has 0 aliphatic carbocycles. The lowest BCUT2D eigenvalue weighted by atomic mass is 10.2. The van der Waals surface area contributed by atoms with Gasteiger partial charge in [-0.2, -0.15) is 8.78 Å². The zero-order chi connectivity index (χ0) is 20.0. The van der Waals surface area contributed by atoms with E-state index in [1.807, 2.05) is 25.7 Å². The molecule has 2 N–H and O–H groups in total. The molecule has 0 spiro atoms. The monoisotopic (exact) mass is 384 g/mol. The van der Waals surface area contributed by atoms with Crippen molar-refractivity contribution in [2.24, 2.45) is 10.7 Å². The molecule has 1 fully saturated rings. The summed E-state index contributed by atoms with van der Waals surface area (Å²) in [5, 5.41) is 0. The van der Waals surface area contributed by atoms with Gasteiger partial charge < -0.3 is 25.0 Å². The highest BCUT2D eigenvalue weighted by Gasteiger charge is 2.26. The molecule has 0 radical (unpaired) electrons. The van der Waals surface area contributed by atoms with Gasteiger partial charge >= 0.3 is 12.7 Å². The van der Waals surface area contributed by atoms with Crippen molar-refractivity contribution in [2.75, 3.05) is 26.2 Å². The molecular weight excluding hydrogens is 358 g/mol. The molecule has 1 saturated heterocycles. The van der Waals surface area contributed by atoms with Gasteiger partial charge in [0.25, 0.3) is 0 Å². The van der Waals surface area contributed by atoms with Crippen LogP contribution >= 0.6 is 0 Å². The maximum Gasteiger partial charge on any atom is 0.410 e. The lowest BCUT2D eigenvalue weighted by Crippen LogP contribution is -2.53. The van der Waals surface area contributed by atoms with E-state index >= 15 is 0 Å². The van der Waals surface area contributed by atoms with Crippen LogP contribution in [0.3, 0.4) is 0 Å². The van der Waals surface area contributed by atoms with E-state index in [2.05, 4.69) is 9.73 Å². The normalized spacial score (nSPS) is 15.9. The van der Waals surface area contributed by atoms with Gasteiger partial charge in [-0.1, -0.05) is 12.1 Å². The van der Waals surface area contributed by atoms with Crippen LogP contribution in [0.1, 0.15) is 26.3 Å². The highest BCUT2D eigenvalue weighted by Crippen LogP contribution is 2.17. The summed E-state index contributed by atoms with van der Waals surface area (Å²) in [4.78, 5) is 19.9. The Bertz CT molecular complexity index is 669. The van der Waals surface area contributed by atoms with E-state index in [0.29, 0.717) is 37.7 Å². The minimum atomic E-state index is -2.87. The maximum atomic E-state index is 12.3. The molecule has 27 heavy (non-hydrogen) atoms. The Hall–Kier alpha value is -2.58. The predicted molar refractivity (Wildman–Crippen MR) is 97.8 cm³/mol. The molecule has 1 heterocycles. The number of aliphatic imine (C=N–C) groups is 1. The Balaban J connectivity index is 1.86. The number of amides is 1. The standard InChI is InChI=1S/C18H26F2N4O3/c1-18(2,3)27-17(25)24-9-7-23(8-10-24)16(21)22-12-13-5-4-6-14(11-13)26-15(19)20/h4-6,11,15H,7-10,12H2,1-3H3,(H2,21,22). The quantitative estimate of drug-likeness (QED) is 0.638. The van der Waals surface area contributed by atoms with Gasteiger partial charge in [0.1, 0.15) is 11.4 Å². The van der Waals surface area contributed by atoms with E-state index in [1.54, 1.807) is 17.0 Å². The number of alkyl halides is 2. The first-order chi connectivity index (χ1) is 12.6. The maximum absolute atomic E-state index is 12.3. The van der Waals surface area contributed by atoms with E-state index in [0.717, 1.165) is 0 Å². The number of piperazine rings is 1. The predicted octanol–water partition coefficient (Wildman–Crippen LogP) is 2.66. The summed E-state index contributed by atoms with van der Waals surface area (Å²) in [6, 6.07) is 6.34. The molecule has 0 unspecified atom stereocenters. The highest BCUT2D eigenvalue weighted by atomic mass is 19.3. The minimum absolute atomic E-state index is 0.0854. The zero-order valence-corrected chi connectivity index (χ0v) is 15.8. The van der Waals surface area contributed by atoms with E-state index in [-0.39, 0.29) is 18.4 Å². The van der Waals surface area contributed by atoms with Crippen LogP contribution in [0.25, 0.3) is 0 Å². The smallest absolute Gasteiger partial charge is 0.410 e. The number of carbonyl (C=O) groups excluding carboxylic acids is 1. The number of guanidine groups is 1. The first kappa shape index (κ1) is 20.7. The molecule has 0 atom stereocenters. The lowest BCUT2D eigenvalue weighted by molar-refractivity contribution is -0.0498. The molecule has 7 nitrogen and oxygen atoms in total.